The highest BCUT2D eigenvalue weighted by Crippen LogP contribution is 2.41. The minimum absolute atomic E-state index is 0.409. The zero-order valence-corrected chi connectivity index (χ0v) is 11.3. The summed E-state index contributed by atoms with van der Waals surface area (Å²) in [6, 6.07) is 14.7. The van der Waals surface area contributed by atoms with Crippen molar-refractivity contribution < 1.29 is 4.74 Å². The predicted molar refractivity (Wildman–Crippen MR) is 79.2 cm³/mol. The highest BCUT2D eigenvalue weighted by atomic mass is 16.5. The molecule has 1 atom stereocenters. The van der Waals surface area contributed by atoms with Crippen molar-refractivity contribution in [1.82, 2.24) is 0 Å². The quantitative estimate of drug-likeness (QED) is 0.835. The smallest absolute Gasteiger partial charge is 0.121 e. The monoisotopic (exact) mass is 254 g/mol. The number of fused-ring (bicyclic) bond motifs is 1. The van der Waals surface area contributed by atoms with Gasteiger partial charge in [0.15, 0.2) is 0 Å². The van der Waals surface area contributed by atoms with Gasteiger partial charge in [-0.1, -0.05) is 18.2 Å². The van der Waals surface area contributed by atoms with Gasteiger partial charge in [-0.25, -0.2) is 0 Å². The van der Waals surface area contributed by atoms with Gasteiger partial charge < -0.3 is 15.4 Å². The van der Waals surface area contributed by atoms with Crippen LogP contribution in [0.25, 0.3) is 0 Å². The summed E-state index contributed by atoms with van der Waals surface area (Å²) in [6.45, 7) is 2.22. The Bertz CT molecular complexity index is 609. The van der Waals surface area contributed by atoms with Gasteiger partial charge in [-0.3, -0.25) is 0 Å². The van der Waals surface area contributed by atoms with Crippen LogP contribution < -0.4 is 15.4 Å². The number of para-hydroxylation sites is 1. The molecule has 0 aliphatic carbocycles. The summed E-state index contributed by atoms with van der Waals surface area (Å²) >= 11 is 0. The molecule has 0 amide bonds. The molecule has 0 spiro atoms. The Kier molecular flexibility index (Phi) is 2.82. The zero-order valence-electron chi connectivity index (χ0n) is 11.3. The average molecular weight is 254 g/mol. The van der Waals surface area contributed by atoms with Crippen molar-refractivity contribution in [2.45, 2.75) is 19.4 Å². The van der Waals surface area contributed by atoms with E-state index in [1.54, 1.807) is 7.11 Å². The number of anilines is 3. The number of methoxy groups -OCH3 is 1. The van der Waals surface area contributed by atoms with Crippen molar-refractivity contribution in [3.8, 4) is 5.75 Å². The maximum atomic E-state index is 6.15. The van der Waals surface area contributed by atoms with Crippen LogP contribution in [0.15, 0.2) is 42.5 Å². The van der Waals surface area contributed by atoms with E-state index < -0.39 is 0 Å². The first kappa shape index (κ1) is 11.9. The van der Waals surface area contributed by atoms with Crippen molar-refractivity contribution in [1.29, 1.82) is 0 Å². The third kappa shape index (κ3) is 1.91. The Morgan fingerprint density at radius 3 is 2.74 bits per heavy atom. The van der Waals surface area contributed by atoms with E-state index >= 15 is 0 Å². The first-order chi connectivity index (χ1) is 9.20. The normalized spacial score (nSPS) is 17.4. The summed E-state index contributed by atoms with van der Waals surface area (Å²) in [5.74, 6) is 0.834. The van der Waals surface area contributed by atoms with E-state index in [2.05, 4.69) is 36.1 Å². The van der Waals surface area contributed by atoms with E-state index in [1.807, 2.05) is 18.2 Å². The lowest BCUT2D eigenvalue weighted by Crippen LogP contribution is -2.24. The van der Waals surface area contributed by atoms with Gasteiger partial charge in [0, 0.05) is 17.8 Å². The number of ether oxygens (including phenoxy) is 1. The minimum atomic E-state index is 0.409. The summed E-state index contributed by atoms with van der Waals surface area (Å²) in [4.78, 5) is 2.30. The van der Waals surface area contributed by atoms with E-state index in [0.29, 0.717) is 6.04 Å². The lowest BCUT2D eigenvalue weighted by molar-refractivity contribution is 0.415. The molecule has 98 valence electrons. The summed E-state index contributed by atoms with van der Waals surface area (Å²) in [5.41, 5.74) is 10.6. The Balaban J connectivity index is 2.12. The Morgan fingerprint density at radius 2 is 1.95 bits per heavy atom. The number of hydrogen-bond donors (Lipinski definition) is 1. The summed E-state index contributed by atoms with van der Waals surface area (Å²) in [5, 5.41) is 0. The van der Waals surface area contributed by atoms with Crippen LogP contribution in [-0.4, -0.2) is 13.2 Å². The first-order valence-corrected chi connectivity index (χ1v) is 6.51. The molecule has 3 rings (SSSR count). The highest BCUT2D eigenvalue weighted by molar-refractivity contribution is 5.80. The SMILES string of the molecule is COc1ccc(N)c(N2c3ccccc3CC2C)c1. The molecule has 0 fully saturated rings. The number of benzene rings is 2. The van der Waals surface area contributed by atoms with E-state index in [1.165, 1.54) is 11.3 Å². The third-order valence-electron chi connectivity index (χ3n) is 3.70. The number of nitrogens with two attached hydrogens (primary N) is 1. The molecule has 0 saturated carbocycles. The fourth-order valence-corrected chi connectivity index (χ4v) is 2.79. The molecule has 0 radical (unpaired) electrons. The van der Waals surface area contributed by atoms with Gasteiger partial charge in [0.2, 0.25) is 0 Å². The molecule has 1 aliphatic rings. The molecule has 3 heteroatoms. The second-order valence-corrected chi connectivity index (χ2v) is 4.98. The van der Waals surface area contributed by atoms with E-state index in [9.17, 15) is 0 Å². The molecule has 1 aliphatic heterocycles. The van der Waals surface area contributed by atoms with Gasteiger partial charge in [-0.15, -0.1) is 0 Å². The van der Waals surface area contributed by atoms with Gasteiger partial charge in [0.1, 0.15) is 5.75 Å². The summed E-state index contributed by atoms with van der Waals surface area (Å²) in [6.07, 6.45) is 1.05. The van der Waals surface area contributed by atoms with Crippen LogP contribution in [0, 0.1) is 0 Å². The van der Waals surface area contributed by atoms with Crippen LogP contribution >= 0.6 is 0 Å². The van der Waals surface area contributed by atoms with Crippen LogP contribution in [0.3, 0.4) is 0 Å². The van der Waals surface area contributed by atoms with Crippen molar-refractivity contribution in [3.63, 3.8) is 0 Å². The third-order valence-corrected chi connectivity index (χ3v) is 3.70. The van der Waals surface area contributed by atoms with Crippen LogP contribution in [0.2, 0.25) is 0 Å². The summed E-state index contributed by atoms with van der Waals surface area (Å²) in [7, 11) is 1.68. The lowest BCUT2D eigenvalue weighted by Gasteiger charge is -2.26. The van der Waals surface area contributed by atoms with Crippen molar-refractivity contribution in [2.75, 3.05) is 17.7 Å². The maximum absolute atomic E-state index is 6.15. The number of rotatable bonds is 2. The van der Waals surface area contributed by atoms with Crippen LogP contribution in [-0.2, 0) is 6.42 Å². The fourth-order valence-electron chi connectivity index (χ4n) is 2.79. The molecule has 0 bridgehead atoms. The molecule has 19 heavy (non-hydrogen) atoms. The largest absolute Gasteiger partial charge is 0.497 e. The van der Waals surface area contributed by atoms with Crippen LogP contribution in [0.4, 0.5) is 17.1 Å². The average Bonchev–Trinajstić information content (AvgIpc) is 2.75. The number of hydrogen-bond acceptors (Lipinski definition) is 3. The lowest BCUT2D eigenvalue weighted by atomic mass is 10.1. The first-order valence-electron chi connectivity index (χ1n) is 6.51. The van der Waals surface area contributed by atoms with Crippen LogP contribution in [0.1, 0.15) is 12.5 Å². The van der Waals surface area contributed by atoms with Gasteiger partial charge in [-0.2, -0.15) is 0 Å². The van der Waals surface area contributed by atoms with Crippen molar-refractivity contribution in [3.05, 3.63) is 48.0 Å². The van der Waals surface area contributed by atoms with E-state index in [4.69, 9.17) is 10.5 Å². The Hall–Kier alpha value is -2.16. The highest BCUT2D eigenvalue weighted by Gasteiger charge is 2.28. The standard InChI is InChI=1S/C16H18N2O/c1-11-9-12-5-3-4-6-15(12)18(11)16-10-13(19-2)7-8-14(16)17/h3-8,10-11H,9,17H2,1-2H3. The van der Waals surface area contributed by atoms with Crippen molar-refractivity contribution >= 4 is 17.1 Å². The van der Waals surface area contributed by atoms with Crippen LogP contribution in [0.5, 0.6) is 5.75 Å². The van der Waals surface area contributed by atoms with Gasteiger partial charge in [0.25, 0.3) is 0 Å². The fraction of sp³-hybridized carbons (Fsp3) is 0.250. The number of nitrogen functional groups attached to an aromatic ring is 1. The number of nitrogens with zero attached hydrogens (tertiary/aromatic N) is 1. The van der Waals surface area contributed by atoms with Gasteiger partial charge in [0.05, 0.1) is 18.5 Å². The predicted octanol–water partition coefficient (Wildman–Crippen LogP) is 3.36. The molecule has 1 heterocycles. The molecule has 3 nitrogen and oxygen atoms in total. The maximum Gasteiger partial charge on any atom is 0.121 e. The van der Waals surface area contributed by atoms with Gasteiger partial charge in [-0.05, 0) is 37.1 Å². The molecular weight excluding hydrogens is 236 g/mol. The van der Waals surface area contributed by atoms with Crippen molar-refractivity contribution in [2.24, 2.45) is 0 Å². The molecule has 0 aromatic heterocycles. The topological polar surface area (TPSA) is 38.5 Å². The molecule has 1 unspecified atom stereocenters. The van der Waals surface area contributed by atoms with E-state index in [0.717, 1.165) is 23.5 Å². The Labute approximate surface area is 113 Å². The summed E-state index contributed by atoms with van der Waals surface area (Å²) < 4.78 is 5.31. The molecule has 2 aromatic carbocycles. The second kappa shape index (κ2) is 4.50. The zero-order chi connectivity index (χ0) is 13.4. The van der Waals surface area contributed by atoms with Gasteiger partial charge >= 0.3 is 0 Å². The minimum Gasteiger partial charge on any atom is -0.497 e. The second-order valence-electron chi connectivity index (χ2n) is 4.98. The molecular formula is C16H18N2O. The Morgan fingerprint density at radius 1 is 1.16 bits per heavy atom. The molecule has 0 saturated heterocycles. The van der Waals surface area contributed by atoms with E-state index in [-0.39, 0.29) is 0 Å². The molecule has 2 N–H and O–H groups in total. The molecule has 2 aromatic rings.